The fourth-order valence-corrected chi connectivity index (χ4v) is 2.30. The van der Waals surface area contributed by atoms with Crippen LogP contribution in [0.3, 0.4) is 0 Å². The summed E-state index contributed by atoms with van der Waals surface area (Å²) < 4.78 is 54.2. The van der Waals surface area contributed by atoms with Gasteiger partial charge in [-0.3, -0.25) is 4.79 Å². The third-order valence-electron chi connectivity index (χ3n) is 3.87. The molecule has 0 saturated carbocycles. The minimum absolute atomic E-state index is 0.0565. The van der Waals surface area contributed by atoms with E-state index in [1.807, 2.05) is 0 Å². The summed E-state index contributed by atoms with van der Waals surface area (Å²) in [5.74, 6) is -1.14. The number of halogens is 4. The zero-order valence-corrected chi connectivity index (χ0v) is 14.2. The van der Waals surface area contributed by atoms with Crippen LogP contribution < -0.4 is 10.1 Å². The Hall–Kier alpha value is -2.77. The second kappa shape index (κ2) is 8.07. The highest BCUT2D eigenvalue weighted by Gasteiger charge is 2.32. The lowest BCUT2D eigenvalue weighted by Gasteiger charge is -2.26. The lowest BCUT2D eigenvalue weighted by atomic mass is 10.1. The van der Waals surface area contributed by atoms with Crippen LogP contribution >= 0.6 is 0 Å². The molecule has 0 heterocycles. The Labute approximate surface area is 148 Å². The number of benzene rings is 2. The highest BCUT2D eigenvalue weighted by Crippen LogP contribution is 2.30. The zero-order valence-electron chi connectivity index (χ0n) is 14.2. The van der Waals surface area contributed by atoms with Crippen LogP contribution in [0.4, 0.5) is 23.2 Å². The Bertz CT molecular complexity index is 748. The van der Waals surface area contributed by atoms with Crippen molar-refractivity contribution in [2.75, 3.05) is 18.9 Å². The van der Waals surface area contributed by atoms with Gasteiger partial charge < -0.3 is 15.0 Å². The molecule has 2 aromatic carbocycles. The van der Waals surface area contributed by atoms with Crippen LogP contribution in [0, 0.1) is 5.82 Å². The number of para-hydroxylation sites is 2. The van der Waals surface area contributed by atoms with Gasteiger partial charge in [0, 0.05) is 7.05 Å². The second-order valence-electron chi connectivity index (χ2n) is 5.63. The summed E-state index contributed by atoms with van der Waals surface area (Å²) in [4.78, 5) is 13.7. The quantitative estimate of drug-likeness (QED) is 0.769. The number of likely N-dealkylation sites (N-methyl/N-ethyl adjacent to an activating group) is 1. The molecule has 1 N–H and O–H groups in total. The maximum atomic E-state index is 13.0. The molecule has 2 rings (SSSR count). The fraction of sp³-hybridized carbons (Fsp3) is 0.278. The molecule has 1 atom stereocenters. The van der Waals surface area contributed by atoms with Crippen molar-refractivity contribution in [3.05, 3.63) is 59.9 Å². The second-order valence-corrected chi connectivity index (χ2v) is 5.63. The lowest BCUT2D eigenvalue weighted by Crippen LogP contribution is -2.34. The Morgan fingerprint density at radius 2 is 1.77 bits per heavy atom. The standard InChI is InChI=1S/C18H18F4N2O2/c1-12(13-7-9-14(19)10-8-13)24(2)17(25)11-23-15-5-3-4-6-16(15)26-18(20,21)22/h3-10,12,23H,11H2,1-2H3. The van der Waals surface area contributed by atoms with Crippen molar-refractivity contribution in [2.45, 2.75) is 19.3 Å². The van der Waals surface area contributed by atoms with E-state index in [4.69, 9.17) is 0 Å². The largest absolute Gasteiger partial charge is 0.573 e. The number of hydrogen-bond donors (Lipinski definition) is 1. The molecule has 0 spiro atoms. The van der Waals surface area contributed by atoms with Crippen LogP contribution in [0.2, 0.25) is 0 Å². The van der Waals surface area contributed by atoms with E-state index in [1.165, 1.54) is 35.2 Å². The van der Waals surface area contributed by atoms with Crippen LogP contribution in [0.1, 0.15) is 18.5 Å². The number of anilines is 1. The molecule has 4 nitrogen and oxygen atoms in total. The summed E-state index contributed by atoms with van der Waals surface area (Å²) in [7, 11) is 1.57. The summed E-state index contributed by atoms with van der Waals surface area (Å²) in [5.41, 5.74) is 0.795. The fourth-order valence-electron chi connectivity index (χ4n) is 2.30. The van der Waals surface area contributed by atoms with E-state index in [-0.39, 0.29) is 30.0 Å². The third-order valence-corrected chi connectivity index (χ3v) is 3.87. The Kier molecular flexibility index (Phi) is 6.07. The first-order valence-corrected chi connectivity index (χ1v) is 7.77. The monoisotopic (exact) mass is 370 g/mol. The molecule has 26 heavy (non-hydrogen) atoms. The predicted molar refractivity (Wildman–Crippen MR) is 89.2 cm³/mol. The van der Waals surface area contributed by atoms with Gasteiger partial charge in [-0.2, -0.15) is 0 Å². The molecule has 0 radical (unpaired) electrons. The summed E-state index contributed by atoms with van der Waals surface area (Å²) in [6.07, 6.45) is -4.82. The van der Waals surface area contributed by atoms with Crippen LogP contribution in [-0.4, -0.2) is 30.8 Å². The molecule has 140 valence electrons. The van der Waals surface area contributed by atoms with Crippen molar-refractivity contribution in [3.63, 3.8) is 0 Å². The van der Waals surface area contributed by atoms with Gasteiger partial charge in [-0.25, -0.2) is 4.39 Å². The smallest absolute Gasteiger partial charge is 0.404 e. The molecular weight excluding hydrogens is 352 g/mol. The van der Waals surface area contributed by atoms with Crippen molar-refractivity contribution < 1.29 is 27.1 Å². The van der Waals surface area contributed by atoms with Crippen LogP contribution in [0.25, 0.3) is 0 Å². The minimum atomic E-state index is -4.82. The Morgan fingerprint density at radius 1 is 1.15 bits per heavy atom. The first kappa shape index (κ1) is 19.6. The van der Waals surface area contributed by atoms with Crippen molar-refractivity contribution in [1.82, 2.24) is 4.90 Å². The van der Waals surface area contributed by atoms with Gasteiger partial charge in [0.2, 0.25) is 5.91 Å². The molecule has 1 unspecified atom stereocenters. The van der Waals surface area contributed by atoms with E-state index >= 15 is 0 Å². The van der Waals surface area contributed by atoms with Crippen molar-refractivity contribution >= 4 is 11.6 Å². The third kappa shape index (κ3) is 5.37. The number of amides is 1. The van der Waals surface area contributed by atoms with E-state index in [1.54, 1.807) is 26.1 Å². The van der Waals surface area contributed by atoms with Crippen LogP contribution in [0.5, 0.6) is 5.75 Å². The van der Waals surface area contributed by atoms with Crippen molar-refractivity contribution in [3.8, 4) is 5.75 Å². The van der Waals surface area contributed by atoms with Crippen molar-refractivity contribution in [1.29, 1.82) is 0 Å². The van der Waals surface area contributed by atoms with Gasteiger partial charge in [-0.1, -0.05) is 24.3 Å². The summed E-state index contributed by atoms with van der Waals surface area (Å²) in [6, 6.07) is 10.9. The molecule has 0 saturated heterocycles. The number of carbonyl (C=O) groups excluding carboxylic acids is 1. The normalized spacial score (nSPS) is 12.4. The van der Waals surface area contributed by atoms with Gasteiger partial charge in [-0.05, 0) is 36.8 Å². The van der Waals surface area contributed by atoms with Gasteiger partial charge in [0.15, 0.2) is 5.75 Å². The molecule has 0 aliphatic rings. The number of hydrogen-bond acceptors (Lipinski definition) is 3. The van der Waals surface area contributed by atoms with Crippen molar-refractivity contribution in [2.24, 2.45) is 0 Å². The summed E-state index contributed by atoms with van der Waals surface area (Å²) in [5, 5.41) is 2.66. The summed E-state index contributed by atoms with van der Waals surface area (Å²) >= 11 is 0. The maximum Gasteiger partial charge on any atom is 0.573 e. The average Bonchev–Trinajstić information content (AvgIpc) is 2.58. The molecule has 0 bridgehead atoms. The van der Waals surface area contributed by atoms with Gasteiger partial charge in [0.25, 0.3) is 0 Å². The highest BCUT2D eigenvalue weighted by molar-refractivity contribution is 5.81. The van der Waals surface area contributed by atoms with E-state index in [2.05, 4.69) is 10.1 Å². The summed E-state index contributed by atoms with van der Waals surface area (Å²) in [6.45, 7) is 1.55. The first-order chi connectivity index (χ1) is 12.2. The molecule has 0 aliphatic carbocycles. The molecular formula is C18H18F4N2O2. The molecule has 2 aromatic rings. The molecule has 1 amide bonds. The molecule has 8 heteroatoms. The lowest BCUT2D eigenvalue weighted by molar-refractivity contribution is -0.274. The van der Waals surface area contributed by atoms with Gasteiger partial charge in [0.05, 0.1) is 18.3 Å². The highest BCUT2D eigenvalue weighted by atomic mass is 19.4. The number of alkyl halides is 3. The number of carbonyl (C=O) groups is 1. The molecule has 0 fully saturated rings. The average molecular weight is 370 g/mol. The predicted octanol–water partition coefficient (Wildman–Crippen LogP) is 4.36. The minimum Gasteiger partial charge on any atom is -0.404 e. The maximum absolute atomic E-state index is 13.0. The number of rotatable bonds is 6. The SMILES string of the molecule is CC(c1ccc(F)cc1)N(C)C(=O)CNc1ccccc1OC(F)(F)F. The van der Waals surface area contributed by atoms with Crippen LogP contribution in [0.15, 0.2) is 48.5 Å². The van der Waals surface area contributed by atoms with E-state index in [9.17, 15) is 22.4 Å². The topological polar surface area (TPSA) is 41.6 Å². The van der Waals surface area contributed by atoms with E-state index in [0.717, 1.165) is 11.6 Å². The Morgan fingerprint density at radius 3 is 2.38 bits per heavy atom. The van der Waals surface area contributed by atoms with Gasteiger partial charge in [0.1, 0.15) is 5.82 Å². The number of nitrogens with zero attached hydrogens (tertiary/aromatic N) is 1. The number of nitrogens with one attached hydrogen (secondary N) is 1. The first-order valence-electron chi connectivity index (χ1n) is 7.77. The van der Waals surface area contributed by atoms with Crippen LogP contribution in [-0.2, 0) is 4.79 Å². The van der Waals surface area contributed by atoms with E-state index < -0.39 is 12.1 Å². The zero-order chi connectivity index (χ0) is 19.3. The number of ether oxygens (including phenoxy) is 1. The van der Waals surface area contributed by atoms with E-state index in [0.29, 0.717) is 0 Å². The van der Waals surface area contributed by atoms with Gasteiger partial charge in [-0.15, -0.1) is 13.2 Å². The Balaban J connectivity index is 2.01. The molecule has 0 aromatic heterocycles. The van der Waals surface area contributed by atoms with Gasteiger partial charge >= 0.3 is 6.36 Å². The molecule has 0 aliphatic heterocycles.